The first-order valence-electron chi connectivity index (χ1n) is 5.80. The molecule has 2 amide bonds. The van der Waals surface area contributed by atoms with Gasteiger partial charge in [-0.15, -0.1) is 0 Å². The lowest BCUT2D eigenvalue weighted by molar-refractivity contribution is -0.159. The lowest BCUT2D eigenvalue weighted by Crippen LogP contribution is -2.51. The summed E-state index contributed by atoms with van der Waals surface area (Å²) in [4.78, 5) is 24.4. The summed E-state index contributed by atoms with van der Waals surface area (Å²) in [5.41, 5.74) is 0. The van der Waals surface area contributed by atoms with Crippen LogP contribution in [-0.4, -0.2) is 49.6 Å². The molecule has 2 aliphatic heterocycles. The maximum Gasteiger partial charge on any atom is 0.255 e. The summed E-state index contributed by atoms with van der Waals surface area (Å²) in [6, 6.07) is 0. The highest BCUT2D eigenvalue weighted by Gasteiger charge is 2.31. The summed E-state index contributed by atoms with van der Waals surface area (Å²) in [6.45, 7) is 4.72. The molecule has 90 valence electrons. The van der Waals surface area contributed by atoms with Crippen LogP contribution in [0.5, 0.6) is 0 Å². The fourth-order valence-corrected chi connectivity index (χ4v) is 2.26. The van der Waals surface area contributed by atoms with Crippen LogP contribution in [0.1, 0.15) is 13.3 Å². The fraction of sp³-hybridized carbons (Fsp3) is 0.818. The van der Waals surface area contributed by atoms with Crippen molar-refractivity contribution in [3.05, 3.63) is 0 Å². The number of rotatable bonds is 2. The number of hydrogen-bond donors (Lipinski definition) is 1. The zero-order valence-electron chi connectivity index (χ0n) is 9.57. The van der Waals surface area contributed by atoms with Gasteiger partial charge in [-0.1, -0.05) is 6.92 Å². The molecule has 2 unspecified atom stereocenters. The Bertz CT molecular complexity index is 277. The van der Waals surface area contributed by atoms with Crippen molar-refractivity contribution in [1.82, 2.24) is 10.2 Å². The number of nitrogens with zero attached hydrogens (tertiary/aromatic N) is 1. The third kappa shape index (κ3) is 2.41. The van der Waals surface area contributed by atoms with Gasteiger partial charge in [-0.25, -0.2) is 0 Å². The Morgan fingerprint density at radius 1 is 1.38 bits per heavy atom. The van der Waals surface area contributed by atoms with E-state index < -0.39 is 0 Å². The number of imide groups is 1. The number of carbonyl (C=O) groups is 2. The molecule has 2 rings (SSSR count). The van der Waals surface area contributed by atoms with Gasteiger partial charge in [0.1, 0.15) is 13.2 Å². The van der Waals surface area contributed by atoms with E-state index in [4.69, 9.17) is 4.74 Å². The molecule has 5 heteroatoms. The van der Waals surface area contributed by atoms with E-state index in [1.807, 2.05) is 0 Å². The maximum atomic E-state index is 11.5. The van der Waals surface area contributed by atoms with Crippen molar-refractivity contribution >= 4 is 11.8 Å². The molecular weight excluding hydrogens is 208 g/mol. The number of amides is 2. The number of nitrogens with one attached hydrogen (secondary N) is 1. The summed E-state index contributed by atoms with van der Waals surface area (Å²) in [5, 5.41) is 3.30. The van der Waals surface area contributed by atoms with Crippen LogP contribution in [-0.2, 0) is 14.3 Å². The van der Waals surface area contributed by atoms with E-state index in [0.717, 1.165) is 19.5 Å². The van der Waals surface area contributed by atoms with E-state index in [0.29, 0.717) is 18.4 Å². The highest BCUT2D eigenvalue weighted by molar-refractivity contribution is 5.98. The lowest BCUT2D eigenvalue weighted by atomic mass is 9.87. The van der Waals surface area contributed by atoms with Crippen LogP contribution in [0.2, 0.25) is 0 Å². The van der Waals surface area contributed by atoms with Gasteiger partial charge in [0.05, 0.1) is 0 Å². The van der Waals surface area contributed by atoms with Crippen molar-refractivity contribution in [2.75, 3.05) is 32.8 Å². The predicted molar refractivity (Wildman–Crippen MR) is 57.7 cm³/mol. The van der Waals surface area contributed by atoms with Gasteiger partial charge in [0.25, 0.3) is 11.8 Å². The van der Waals surface area contributed by atoms with Crippen LogP contribution in [0.25, 0.3) is 0 Å². The summed E-state index contributed by atoms with van der Waals surface area (Å²) >= 11 is 0. The maximum absolute atomic E-state index is 11.5. The zero-order chi connectivity index (χ0) is 11.5. The van der Waals surface area contributed by atoms with E-state index in [-0.39, 0.29) is 25.0 Å². The van der Waals surface area contributed by atoms with Crippen molar-refractivity contribution in [3.8, 4) is 0 Å². The molecule has 2 atom stereocenters. The van der Waals surface area contributed by atoms with Crippen LogP contribution >= 0.6 is 0 Å². The van der Waals surface area contributed by atoms with Gasteiger partial charge in [-0.3, -0.25) is 14.5 Å². The number of piperidine rings is 1. The molecule has 2 heterocycles. The minimum Gasteiger partial charge on any atom is -0.362 e. The second-order valence-corrected chi connectivity index (χ2v) is 4.62. The fourth-order valence-electron chi connectivity index (χ4n) is 2.26. The first-order chi connectivity index (χ1) is 7.68. The third-order valence-electron chi connectivity index (χ3n) is 3.46. The Balaban J connectivity index is 1.96. The first kappa shape index (κ1) is 11.5. The monoisotopic (exact) mass is 226 g/mol. The Morgan fingerprint density at radius 3 is 2.69 bits per heavy atom. The van der Waals surface area contributed by atoms with Crippen molar-refractivity contribution in [2.45, 2.75) is 13.3 Å². The molecule has 0 bridgehead atoms. The lowest BCUT2D eigenvalue weighted by Gasteiger charge is -2.34. The van der Waals surface area contributed by atoms with Crippen molar-refractivity contribution in [3.63, 3.8) is 0 Å². The topological polar surface area (TPSA) is 58.6 Å². The number of hydrogen-bond acceptors (Lipinski definition) is 4. The number of morpholine rings is 1. The quantitative estimate of drug-likeness (QED) is 0.652. The Hall–Kier alpha value is -0.940. The number of carbonyl (C=O) groups excluding carboxylic acids is 2. The van der Waals surface area contributed by atoms with Gasteiger partial charge < -0.3 is 10.1 Å². The largest absolute Gasteiger partial charge is 0.362 e. The van der Waals surface area contributed by atoms with Gasteiger partial charge in [0.2, 0.25) is 0 Å². The van der Waals surface area contributed by atoms with Crippen molar-refractivity contribution in [1.29, 1.82) is 0 Å². The molecule has 0 aromatic rings. The minimum absolute atomic E-state index is 0.0419. The smallest absolute Gasteiger partial charge is 0.255 e. The van der Waals surface area contributed by atoms with Crippen molar-refractivity contribution < 1.29 is 14.3 Å². The van der Waals surface area contributed by atoms with E-state index in [1.165, 1.54) is 4.90 Å². The van der Waals surface area contributed by atoms with Crippen LogP contribution in [0.15, 0.2) is 0 Å². The predicted octanol–water partition coefficient (Wildman–Crippen LogP) is -0.383. The van der Waals surface area contributed by atoms with E-state index >= 15 is 0 Å². The van der Waals surface area contributed by atoms with Gasteiger partial charge in [-0.05, 0) is 31.3 Å². The first-order valence-corrected chi connectivity index (χ1v) is 5.80. The minimum atomic E-state index is -0.200. The van der Waals surface area contributed by atoms with E-state index in [1.54, 1.807) is 0 Å². The normalized spacial score (nSPS) is 31.9. The van der Waals surface area contributed by atoms with Crippen molar-refractivity contribution in [2.24, 2.45) is 11.8 Å². The molecule has 0 spiro atoms. The van der Waals surface area contributed by atoms with Gasteiger partial charge in [0, 0.05) is 6.54 Å². The third-order valence-corrected chi connectivity index (χ3v) is 3.46. The summed E-state index contributed by atoms with van der Waals surface area (Å²) in [6.07, 6.45) is 1.11. The van der Waals surface area contributed by atoms with E-state index in [2.05, 4.69) is 12.2 Å². The second-order valence-electron chi connectivity index (χ2n) is 4.62. The molecule has 2 fully saturated rings. The molecule has 16 heavy (non-hydrogen) atoms. The van der Waals surface area contributed by atoms with Gasteiger partial charge >= 0.3 is 0 Å². The molecule has 0 radical (unpaired) electrons. The van der Waals surface area contributed by atoms with Crippen LogP contribution < -0.4 is 5.32 Å². The molecule has 0 aliphatic carbocycles. The molecule has 2 saturated heterocycles. The highest BCUT2D eigenvalue weighted by Crippen LogP contribution is 2.20. The average Bonchev–Trinajstić information content (AvgIpc) is 2.26. The molecule has 5 nitrogen and oxygen atoms in total. The zero-order valence-corrected chi connectivity index (χ0v) is 9.57. The van der Waals surface area contributed by atoms with Gasteiger partial charge in [-0.2, -0.15) is 0 Å². The van der Waals surface area contributed by atoms with E-state index in [9.17, 15) is 9.59 Å². The second kappa shape index (κ2) is 4.93. The summed E-state index contributed by atoms with van der Waals surface area (Å²) < 4.78 is 4.88. The highest BCUT2D eigenvalue weighted by atomic mass is 16.5. The standard InChI is InChI=1S/C11H18N2O3/c1-8-2-3-12-4-9(8)5-13-10(14)6-16-7-11(13)15/h8-9,12H,2-7H2,1H3. The molecule has 1 N–H and O–H groups in total. The Kier molecular flexibility index (Phi) is 3.56. The van der Waals surface area contributed by atoms with Crippen LogP contribution in [0, 0.1) is 11.8 Å². The average molecular weight is 226 g/mol. The molecule has 0 aromatic carbocycles. The molecule has 0 saturated carbocycles. The molecular formula is C11H18N2O3. The van der Waals surface area contributed by atoms with Gasteiger partial charge in [0.15, 0.2) is 0 Å². The summed E-state index contributed by atoms with van der Waals surface area (Å²) in [7, 11) is 0. The Morgan fingerprint density at radius 2 is 2.06 bits per heavy atom. The summed E-state index contributed by atoms with van der Waals surface area (Å²) in [5.74, 6) is 0.535. The van der Waals surface area contributed by atoms with Crippen LogP contribution in [0.4, 0.5) is 0 Å². The molecule has 0 aromatic heterocycles. The SMILES string of the molecule is CC1CCNCC1CN1C(=O)COCC1=O. The Labute approximate surface area is 95.1 Å². The molecule has 2 aliphatic rings. The van der Waals surface area contributed by atoms with Crippen LogP contribution in [0.3, 0.4) is 0 Å². The number of ether oxygens (including phenoxy) is 1.